The van der Waals surface area contributed by atoms with Gasteiger partial charge in [0.1, 0.15) is 5.75 Å². The average molecular weight is 370 g/mol. The number of aromatic hydroxyl groups is 1. The lowest BCUT2D eigenvalue weighted by Gasteiger charge is -2.11. The van der Waals surface area contributed by atoms with Crippen LogP contribution in [-0.2, 0) is 11.2 Å². The van der Waals surface area contributed by atoms with Crippen LogP contribution in [0, 0.1) is 0 Å². The average Bonchev–Trinajstić information content (AvgIpc) is 2.68. The highest BCUT2D eigenvalue weighted by molar-refractivity contribution is 5.89. The Morgan fingerprint density at radius 2 is 1.78 bits per heavy atom. The van der Waals surface area contributed by atoms with Crippen LogP contribution in [0.3, 0.4) is 0 Å². The summed E-state index contributed by atoms with van der Waals surface area (Å²) in [6, 6.07) is 12.8. The van der Waals surface area contributed by atoms with Crippen molar-refractivity contribution in [1.82, 2.24) is 10.3 Å². The minimum absolute atomic E-state index is 0.207. The van der Waals surface area contributed by atoms with Crippen LogP contribution in [-0.4, -0.2) is 42.3 Å². The molecule has 0 aromatic heterocycles. The Bertz CT molecular complexity index is 788. The molecule has 0 bridgehead atoms. The fourth-order valence-corrected chi connectivity index (χ4v) is 2.13. The van der Waals surface area contributed by atoms with Gasteiger partial charge in [-0.15, -0.1) is 5.11 Å². The Morgan fingerprint density at radius 3 is 2.41 bits per heavy atom. The molecular formula is C19H22N4O4. The summed E-state index contributed by atoms with van der Waals surface area (Å²) in [4.78, 5) is 23.6. The number of carbonyl (C=O) groups is 2. The van der Waals surface area contributed by atoms with Gasteiger partial charge in [-0.3, -0.25) is 0 Å². The van der Waals surface area contributed by atoms with Crippen molar-refractivity contribution in [2.24, 2.45) is 10.3 Å². The number of phenols is 1. The van der Waals surface area contributed by atoms with Gasteiger partial charge in [0.15, 0.2) is 0 Å². The number of hydrogen-bond donors (Lipinski definition) is 2. The second-order valence-corrected chi connectivity index (χ2v) is 5.63. The molecule has 0 aliphatic carbocycles. The monoisotopic (exact) mass is 370 g/mol. The number of amides is 2. The Kier molecular flexibility index (Phi) is 7.30. The molecule has 2 aromatic carbocycles. The van der Waals surface area contributed by atoms with Gasteiger partial charge in [0.25, 0.3) is 0 Å². The predicted molar refractivity (Wildman–Crippen MR) is 99.9 cm³/mol. The van der Waals surface area contributed by atoms with E-state index in [2.05, 4.69) is 15.7 Å². The zero-order valence-corrected chi connectivity index (χ0v) is 15.3. The van der Waals surface area contributed by atoms with Gasteiger partial charge in [-0.1, -0.05) is 17.4 Å². The van der Waals surface area contributed by atoms with Crippen LogP contribution in [0.5, 0.6) is 5.75 Å². The summed E-state index contributed by atoms with van der Waals surface area (Å²) >= 11 is 0. The van der Waals surface area contributed by atoms with Gasteiger partial charge in [-0.2, -0.15) is 5.01 Å². The molecule has 0 aliphatic heterocycles. The molecule has 0 atom stereocenters. The first-order valence-electron chi connectivity index (χ1n) is 8.48. The lowest BCUT2D eigenvalue weighted by Crippen LogP contribution is -2.34. The van der Waals surface area contributed by atoms with E-state index < -0.39 is 5.97 Å². The van der Waals surface area contributed by atoms with E-state index in [4.69, 9.17) is 4.74 Å². The Labute approximate surface area is 157 Å². The van der Waals surface area contributed by atoms with E-state index in [-0.39, 0.29) is 11.8 Å². The minimum atomic E-state index is -0.397. The fraction of sp³-hybridized carbons (Fsp3) is 0.263. The van der Waals surface area contributed by atoms with Gasteiger partial charge in [-0.05, 0) is 55.3 Å². The van der Waals surface area contributed by atoms with Gasteiger partial charge < -0.3 is 15.2 Å². The van der Waals surface area contributed by atoms with Crippen molar-refractivity contribution in [1.29, 1.82) is 0 Å². The summed E-state index contributed by atoms with van der Waals surface area (Å²) < 4.78 is 4.91. The molecule has 0 radical (unpaired) electrons. The lowest BCUT2D eigenvalue weighted by molar-refractivity contribution is 0.0526. The van der Waals surface area contributed by atoms with Gasteiger partial charge in [0, 0.05) is 13.6 Å². The molecule has 0 spiro atoms. The third-order valence-electron chi connectivity index (χ3n) is 3.59. The maximum Gasteiger partial charge on any atom is 0.338 e. The van der Waals surface area contributed by atoms with Gasteiger partial charge >= 0.3 is 12.0 Å². The van der Waals surface area contributed by atoms with Crippen LogP contribution >= 0.6 is 0 Å². The highest BCUT2D eigenvalue weighted by Crippen LogP contribution is 2.14. The van der Waals surface area contributed by atoms with Crippen LogP contribution in [0.4, 0.5) is 10.5 Å². The first kappa shape index (κ1) is 19.9. The van der Waals surface area contributed by atoms with E-state index in [0.29, 0.717) is 30.8 Å². The maximum atomic E-state index is 12.0. The zero-order chi connectivity index (χ0) is 19.6. The second-order valence-electron chi connectivity index (χ2n) is 5.63. The summed E-state index contributed by atoms with van der Waals surface area (Å²) in [6.07, 6.45) is 0.631. The molecule has 8 heteroatoms. The number of benzene rings is 2. The molecule has 2 aromatic rings. The third kappa shape index (κ3) is 6.43. The molecule has 142 valence electrons. The predicted octanol–water partition coefficient (Wildman–Crippen LogP) is 3.45. The van der Waals surface area contributed by atoms with E-state index in [1.54, 1.807) is 55.5 Å². The van der Waals surface area contributed by atoms with Crippen LogP contribution in [0.15, 0.2) is 58.9 Å². The normalized spacial score (nSPS) is 10.6. The SMILES string of the molecule is CCOC(=O)c1ccc(N=NN(C)C(=O)NCCc2ccc(O)cc2)cc1. The molecule has 0 aliphatic rings. The van der Waals surface area contributed by atoms with Crippen molar-refractivity contribution in [3.8, 4) is 5.75 Å². The summed E-state index contributed by atoms with van der Waals surface area (Å²) in [7, 11) is 1.49. The highest BCUT2D eigenvalue weighted by Gasteiger charge is 2.08. The van der Waals surface area contributed by atoms with Gasteiger partial charge in [0.2, 0.25) is 0 Å². The number of ether oxygens (including phenoxy) is 1. The molecule has 27 heavy (non-hydrogen) atoms. The first-order valence-corrected chi connectivity index (χ1v) is 8.48. The van der Waals surface area contributed by atoms with Crippen molar-refractivity contribution < 1.29 is 19.4 Å². The summed E-state index contributed by atoms with van der Waals surface area (Å²) in [5.41, 5.74) is 1.93. The molecule has 2 N–H and O–H groups in total. The lowest BCUT2D eigenvalue weighted by atomic mass is 10.1. The first-order chi connectivity index (χ1) is 13.0. The Hall–Kier alpha value is -3.42. The fourth-order valence-electron chi connectivity index (χ4n) is 2.13. The molecule has 2 rings (SSSR count). The van der Waals surface area contributed by atoms with Crippen molar-refractivity contribution >= 4 is 17.7 Å². The second kappa shape index (κ2) is 9.91. The maximum absolute atomic E-state index is 12.0. The number of rotatable bonds is 7. The molecule has 0 unspecified atom stereocenters. The number of esters is 1. The van der Waals surface area contributed by atoms with Crippen LogP contribution in [0.1, 0.15) is 22.8 Å². The largest absolute Gasteiger partial charge is 0.508 e. The molecule has 0 heterocycles. The molecule has 2 amide bonds. The minimum Gasteiger partial charge on any atom is -0.508 e. The summed E-state index contributed by atoms with van der Waals surface area (Å²) in [5.74, 6) is -0.190. The van der Waals surface area contributed by atoms with E-state index in [1.165, 1.54) is 7.05 Å². The van der Waals surface area contributed by atoms with E-state index in [9.17, 15) is 14.7 Å². The van der Waals surface area contributed by atoms with E-state index >= 15 is 0 Å². The number of urea groups is 1. The molecule has 0 saturated carbocycles. The third-order valence-corrected chi connectivity index (χ3v) is 3.59. The standard InChI is InChI=1S/C19H22N4O4/c1-3-27-18(25)15-6-8-16(9-7-15)21-22-23(2)19(26)20-13-12-14-4-10-17(24)11-5-14/h4-11,24H,3,12-13H2,1-2H3,(H,20,26). The number of nitrogens with zero attached hydrogens (tertiary/aromatic N) is 3. The van der Waals surface area contributed by atoms with Crippen molar-refractivity contribution in [2.45, 2.75) is 13.3 Å². The zero-order valence-electron chi connectivity index (χ0n) is 15.3. The molecular weight excluding hydrogens is 348 g/mol. The van der Waals surface area contributed by atoms with Gasteiger partial charge in [0.05, 0.1) is 17.9 Å². The topological polar surface area (TPSA) is 104 Å². The Morgan fingerprint density at radius 1 is 1.11 bits per heavy atom. The van der Waals surface area contributed by atoms with E-state index in [0.717, 1.165) is 10.6 Å². The highest BCUT2D eigenvalue weighted by atomic mass is 16.5. The van der Waals surface area contributed by atoms with Crippen molar-refractivity contribution in [3.63, 3.8) is 0 Å². The number of carbonyl (C=O) groups excluding carboxylic acids is 2. The van der Waals surface area contributed by atoms with Gasteiger partial charge in [-0.25, -0.2) is 9.59 Å². The molecule has 0 saturated heterocycles. The summed E-state index contributed by atoms with van der Waals surface area (Å²) in [6.45, 7) is 2.48. The summed E-state index contributed by atoms with van der Waals surface area (Å²) in [5, 5.41) is 20.9. The number of phenolic OH excluding ortho intramolecular Hbond substituents is 1. The molecule has 0 fully saturated rings. The van der Waals surface area contributed by atoms with Crippen molar-refractivity contribution in [2.75, 3.05) is 20.2 Å². The van der Waals surface area contributed by atoms with Crippen molar-refractivity contribution in [3.05, 3.63) is 59.7 Å². The number of hydrogen-bond acceptors (Lipinski definition) is 6. The Balaban J connectivity index is 1.80. The van der Waals surface area contributed by atoms with Crippen LogP contribution in [0.25, 0.3) is 0 Å². The van der Waals surface area contributed by atoms with Crippen LogP contribution in [0.2, 0.25) is 0 Å². The molecule has 8 nitrogen and oxygen atoms in total. The number of nitrogens with one attached hydrogen (secondary N) is 1. The van der Waals surface area contributed by atoms with E-state index in [1.807, 2.05) is 0 Å². The quantitative estimate of drug-likeness (QED) is 0.442. The smallest absolute Gasteiger partial charge is 0.338 e. The van der Waals surface area contributed by atoms with Crippen LogP contribution < -0.4 is 5.32 Å².